The Balaban J connectivity index is 1.34. The highest BCUT2D eigenvalue weighted by molar-refractivity contribution is 5.87. The van der Waals surface area contributed by atoms with Gasteiger partial charge in [-0.3, -0.25) is 4.79 Å². The second kappa shape index (κ2) is 10.7. The number of rotatable bonds is 10. The molecule has 0 aliphatic rings. The first kappa shape index (κ1) is 26.3. The Morgan fingerprint density at radius 1 is 0.973 bits per heavy atom. The van der Waals surface area contributed by atoms with E-state index in [1.165, 1.54) is 24.3 Å². The summed E-state index contributed by atoms with van der Waals surface area (Å²) in [4.78, 5) is 14.2. The largest absolute Gasteiger partial charge is 0.506 e. The second-order valence-corrected chi connectivity index (χ2v) is 9.75. The van der Waals surface area contributed by atoms with Gasteiger partial charge in [0.2, 0.25) is 5.56 Å². The van der Waals surface area contributed by atoms with Gasteiger partial charge >= 0.3 is 5.92 Å². The summed E-state index contributed by atoms with van der Waals surface area (Å²) in [5.41, 5.74) is 1.02. The van der Waals surface area contributed by atoms with Gasteiger partial charge < -0.3 is 25.3 Å². The molecule has 4 rings (SSSR count). The summed E-state index contributed by atoms with van der Waals surface area (Å²) in [5, 5.41) is 24.8. The minimum absolute atomic E-state index is 0.0619. The molecule has 1 heterocycles. The summed E-state index contributed by atoms with van der Waals surface area (Å²) in [6, 6.07) is 20.6. The fraction of sp³-hybridized carbons (Fsp3) is 0.276. The number of aromatic nitrogens is 1. The molecule has 194 valence electrons. The molecule has 0 spiro atoms. The number of hydrogen-bond donors (Lipinski definition) is 4. The summed E-state index contributed by atoms with van der Waals surface area (Å²) in [5.74, 6) is -2.80. The first-order valence-electron chi connectivity index (χ1n) is 12.0. The molecule has 3 aromatic carbocycles. The molecule has 0 amide bonds. The molecule has 0 saturated carbocycles. The number of phenols is 1. The molecule has 0 fully saturated rings. The number of phenolic OH excluding ortho intramolecular Hbond substituents is 1. The Bertz CT molecular complexity index is 1400. The number of alkyl halides is 2. The zero-order valence-electron chi connectivity index (χ0n) is 20.7. The van der Waals surface area contributed by atoms with Crippen molar-refractivity contribution in [3.63, 3.8) is 0 Å². The number of nitrogens with one attached hydrogen (secondary N) is 2. The van der Waals surface area contributed by atoms with Crippen LogP contribution in [0.4, 0.5) is 8.78 Å². The van der Waals surface area contributed by atoms with Gasteiger partial charge in [-0.15, -0.1) is 0 Å². The summed E-state index contributed by atoms with van der Waals surface area (Å²) in [6.07, 6.45) is -0.264. The third-order valence-corrected chi connectivity index (χ3v) is 6.23. The maximum atomic E-state index is 14.4. The van der Waals surface area contributed by atoms with E-state index in [1.807, 2.05) is 26.0 Å². The number of aromatic hydroxyl groups is 1. The number of H-pyrrole nitrogens is 1. The van der Waals surface area contributed by atoms with Crippen LogP contribution in [0.15, 0.2) is 83.7 Å². The lowest BCUT2D eigenvalue weighted by atomic mass is 9.94. The third-order valence-electron chi connectivity index (χ3n) is 6.23. The minimum atomic E-state index is -3.09. The summed E-state index contributed by atoms with van der Waals surface area (Å²) in [7, 11) is 0. The SMILES string of the molecule is CC(C)(Cc1ccc(OCC(F)(F)c2ccccc2)cc1)NC[C@H](O)c1ccc(O)c2[nH]c(=O)ccc12. The van der Waals surface area contributed by atoms with E-state index < -0.39 is 24.2 Å². The first-order chi connectivity index (χ1) is 17.5. The standard InChI is InChI=1S/C29H30F2N2O4/c1-28(2,32-17-25(35)22-12-14-24(34)27-23(22)13-15-26(36)33-27)16-19-8-10-21(11-9-19)37-18-29(30,31)20-6-4-3-5-7-20/h3-15,25,32,34-35H,16-18H2,1-2H3,(H,33,36)/t25-/m0/s1. The maximum Gasteiger partial charge on any atom is 0.306 e. The van der Waals surface area contributed by atoms with Gasteiger partial charge in [-0.2, -0.15) is 8.78 Å². The molecule has 0 unspecified atom stereocenters. The Morgan fingerprint density at radius 2 is 1.68 bits per heavy atom. The lowest BCUT2D eigenvalue weighted by Crippen LogP contribution is -2.43. The average molecular weight is 509 g/mol. The van der Waals surface area contributed by atoms with Crippen LogP contribution in [0.1, 0.15) is 36.6 Å². The highest BCUT2D eigenvalue weighted by atomic mass is 19.3. The van der Waals surface area contributed by atoms with Gasteiger partial charge in [0.25, 0.3) is 0 Å². The van der Waals surface area contributed by atoms with E-state index in [0.29, 0.717) is 23.1 Å². The Hall–Kier alpha value is -3.75. The van der Waals surface area contributed by atoms with Crippen molar-refractivity contribution in [3.05, 3.63) is 106 Å². The Morgan fingerprint density at radius 3 is 2.38 bits per heavy atom. The van der Waals surface area contributed by atoms with Crippen LogP contribution >= 0.6 is 0 Å². The lowest BCUT2D eigenvalue weighted by Gasteiger charge is -2.28. The van der Waals surface area contributed by atoms with Crippen LogP contribution < -0.4 is 15.6 Å². The number of β-amino-alcohol motifs (C(OH)–C–C–N with tert-alkyl or cyclic N) is 1. The lowest BCUT2D eigenvalue weighted by molar-refractivity contribution is -0.0467. The van der Waals surface area contributed by atoms with Crippen molar-refractivity contribution in [1.82, 2.24) is 10.3 Å². The minimum Gasteiger partial charge on any atom is -0.506 e. The predicted octanol–water partition coefficient (Wildman–Crippen LogP) is 5.05. The Kier molecular flexibility index (Phi) is 7.61. The number of aromatic amines is 1. The van der Waals surface area contributed by atoms with Crippen LogP contribution in [0.25, 0.3) is 10.9 Å². The van der Waals surface area contributed by atoms with Crippen LogP contribution in [0.2, 0.25) is 0 Å². The van der Waals surface area contributed by atoms with Gasteiger partial charge in [-0.05, 0) is 55.7 Å². The van der Waals surface area contributed by atoms with Crippen molar-refractivity contribution < 1.29 is 23.7 Å². The number of halogens is 2. The molecule has 4 aromatic rings. The average Bonchev–Trinajstić information content (AvgIpc) is 2.88. The highest BCUT2D eigenvalue weighted by Gasteiger charge is 2.32. The number of aliphatic hydroxyl groups excluding tert-OH is 1. The van der Waals surface area contributed by atoms with Crippen LogP contribution in [-0.4, -0.2) is 33.9 Å². The number of hydrogen-bond acceptors (Lipinski definition) is 5. The molecule has 0 aliphatic carbocycles. The van der Waals surface area contributed by atoms with Gasteiger partial charge in [0.05, 0.1) is 11.6 Å². The predicted molar refractivity (Wildman–Crippen MR) is 139 cm³/mol. The van der Waals surface area contributed by atoms with Crippen molar-refractivity contribution in [3.8, 4) is 11.5 Å². The summed E-state index contributed by atoms with van der Waals surface area (Å²) < 4.78 is 34.1. The number of aliphatic hydroxyl groups is 1. The van der Waals surface area contributed by atoms with Crippen molar-refractivity contribution in [2.45, 2.75) is 37.8 Å². The van der Waals surface area contributed by atoms with Crippen LogP contribution in [-0.2, 0) is 12.3 Å². The molecule has 0 aliphatic heterocycles. The van der Waals surface area contributed by atoms with E-state index in [2.05, 4.69) is 10.3 Å². The van der Waals surface area contributed by atoms with E-state index >= 15 is 0 Å². The number of fused-ring (bicyclic) bond motifs is 1. The van der Waals surface area contributed by atoms with Crippen LogP contribution in [0.3, 0.4) is 0 Å². The van der Waals surface area contributed by atoms with Crippen LogP contribution in [0, 0.1) is 0 Å². The zero-order chi connectivity index (χ0) is 26.6. The molecule has 8 heteroatoms. The summed E-state index contributed by atoms with van der Waals surface area (Å²) >= 11 is 0. The van der Waals surface area contributed by atoms with Gasteiger partial charge in [0.1, 0.15) is 11.5 Å². The smallest absolute Gasteiger partial charge is 0.306 e. The molecule has 4 N–H and O–H groups in total. The fourth-order valence-corrected chi connectivity index (χ4v) is 4.25. The number of pyridine rings is 1. The van der Waals surface area contributed by atoms with Crippen LogP contribution in [0.5, 0.6) is 11.5 Å². The first-order valence-corrected chi connectivity index (χ1v) is 12.0. The van der Waals surface area contributed by atoms with E-state index in [0.717, 1.165) is 5.56 Å². The van der Waals surface area contributed by atoms with Crippen molar-refractivity contribution >= 4 is 10.9 Å². The number of ether oxygens (including phenoxy) is 1. The molecule has 0 bridgehead atoms. The summed E-state index contributed by atoms with van der Waals surface area (Å²) in [6.45, 7) is 3.48. The van der Waals surface area contributed by atoms with Crippen molar-refractivity contribution in [2.24, 2.45) is 0 Å². The molecular formula is C29H30F2N2O4. The van der Waals surface area contributed by atoms with E-state index in [1.54, 1.807) is 42.5 Å². The van der Waals surface area contributed by atoms with Crippen molar-refractivity contribution in [1.29, 1.82) is 0 Å². The van der Waals surface area contributed by atoms with Gasteiger partial charge in [0, 0.05) is 29.1 Å². The third kappa shape index (κ3) is 6.53. The fourth-order valence-electron chi connectivity index (χ4n) is 4.25. The molecular weight excluding hydrogens is 478 g/mol. The zero-order valence-corrected chi connectivity index (χ0v) is 20.7. The molecule has 1 atom stereocenters. The van der Waals surface area contributed by atoms with Gasteiger partial charge in [-0.1, -0.05) is 48.5 Å². The molecule has 37 heavy (non-hydrogen) atoms. The van der Waals surface area contributed by atoms with E-state index in [9.17, 15) is 23.8 Å². The Labute approximate surface area is 213 Å². The highest BCUT2D eigenvalue weighted by Crippen LogP contribution is 2.30. The monoisotopic (exact) mass is 508 g/mol. The van der Waals surface area contributed by atoms with Gasteiger partial charge in [0.15, 0.2) is 6.61 Å². The van der Waals surface area contributed by atoms with E-state index in [-0.39, 0.29) is 28.9 Å². The number of benzene rings is 3. The molecule has 1 aromatic heterocycles. The maximum absolute atomic E-state index is 14.4. The van der Waals surface area contributed by atoms with E-state index in [4.69, 9.17) is 4.74 Å². The molecule has 0 radical (unpaired) electrons. The normalized spacial score (nSPS) is 13.0. The van der Waals surface area contributed by atoms with Crippen molar-refractivity contribution in [2.75, 3.05) is 13.2 Å². The quantitative estimate of drug-likeness (QED) is 0.241. The molecule has 0 saturated heterocycles. The van der Waals surface area contributed by atoms with Gasteiger partial charge in [-0.25, -0.2) is 0 Å². The topological polar surface area (TPSA) is 94.6 Å². The molecule has 6 nitrogen and oxygen atoms in total. The second-order valence-electron chi connectivity index (χ2n) is 9.75.